The fourth-order valence-electron chi connectivity index (χ4n) is 3.66. The smallest absolute Gasteiger partial charge is 0.228 e. The van der Waals surface area contributed by atoms with Crippen LogP contribution in [0, 0.1) is 0 Å². The quantitative estimate of drug-likeness (QED) is 0.481. The van der Waals surface area contributed by atoms with Crippen molar-refractivity contribution in [1.29, 1.82) is 0 Å². The summed E-state index contributed by atoms with van der Waals surface area (Å²) in [4.78, 5) is 20.4. The maximum atomic E-state index is 5.81. The first-order valence-corrected chi connectivity index (χ1v) is 10.6. The summed E-state index contributed by atoms with van der Waals surface area (Å²) in [7, 11) is 3.50. The fraction of sp³-hybridized carbons (Fsp3) is 0.261. The van der Waals surface area contributed by atoms with Crippen molar-refractivity contribution in [2.24, 2.45) is 7.05 Å². The Morgan fingerprint density at radius 3 is 2.55 bits per heavy atom. The molecule has 5 heterocycles. The molecule has 0 spiro atoms. The third-order valence-electron chi connectivity index (χ3n) is 5.30. The predicted octanol–water partition coefficient (Wildman–Crippen LogP) is 2.92. The molecule has 1 fully saturated rings. The monoisotopic (exact) mass is 444 g/mol. The highest BCUT2D eigenvalue weighted by atomic mass is 16.5. The van der Waals surface area contributed by atoms with Gasteiger partial charge in [0.15, 0.2) is 11.6 Å². The van der Waals surface area contributed by atoms with Gasteiger partial charge >= 0.3 is 0 Å². The first-order valence-electron chi connectivity index (χ1n) is 10.6. The number of methoxy groups -OCH3 is 1. The molecule has 1 aliphatic rings. The first-order chi connectivity index (χ1) is 16.2. The Labute approximate surface area is 191 Å². The molecular weight excluding hydrogens is 420 g/mol. The van der Waals surface area contributed by atoms with Crippen molar-refractivity contribution in [2.45, 2.75) is 0 Å². The van der Waals surface area contributed by atoms with E-state index in [4.69, 9.17) is 19.4 Å². The van der Waals surface area contributed by atoms with E-state index in [1.165, 1.54) is 0 Å². The molecule has 1 saturated heterocycles. The third kappa shape index (κ3) is 4.46. The van der Waals surface area contributed by atoms with E-state index in [9.17, 15) is 0 Å². The minimum absolute atomic E-state index is 0.544. The van der Waals surface area contributed by atoms with Gasteiger partial charge in [0.2, 0.25) is 5.95 Å². The van der Waals surface area contributed by atoms with Crippen LogP contribution in [0.1, 0.15) is 0 Å². The molecule has 10 heteroatoms. The van der Waals surface area contributed by atoms with Gasteiger partial charge in [-0.1, -0.05) is 0 Å². The lowest BCUT2D eigenvalue weighted by Gasteiger charge is -2.28. The Bertz CT molecular complexity index is 1240. The first kappa shape index (κ1) is 20.8. The van der Waals surface area contributed by atoms with E-state index in [0.717, 1.165) is 35.7 Å². The molecule has 168 valence electrons. The van der Waals surface area contributed by atoms with Crippen LogP contribution in [0.2, 0.25) is 0 Å². The summed E-state index contributed by atoms with van der Waals surface area (Å²) in [6.07, 6.45) is 7.09. The molecule has 0 aliphatic carbocycles. The highest BCUT2D eigenvalue weighted by Crippen LogP contribution is 2.37. The normalized spacial score (nSPS) is 13.7. The second-order valence-electron chi connectivity index (χ2n) is 7.52. The van der Waals surface area contributed by atoms with Gasteiger partial charge in [-0.15, -0.1) is 0 Å². The molecule has 1 aliphatic heterocycles. The number of nitrogens with zero attached hydrogens (tertiary/aromatic N) is 7. The van der Waals surface area contributed by atoms with E-state index in [1.54, 1.807) is 30.4 Å². The van der Waals surface area contributed by atoms with Crippen LogP contribution in [0.3, 0.4) is 0 Å². The van der Waals surface area contributed by atoms with Gasteiger partial charge in [0.25, 0.3) is 0 Å². The number of hydrogen-bond donors (Lipinski definition) is 1. The molecule has 33 heavy (non-hydrogen) atoms. The van der Waals surface area contributed by atoms with E-state index in [1.807, 2.05) is 43.6 Å². The van der Waals surface area contributed by atoms with Crippen molar-refractivity contribution in [2.75, 3.05) is 43.6 Å². The van der Waals surface area contributed by atoms with Crippen molar-refractivity contribution < 1.29 is 9.47 Å². The summed E-state index contributed by atoms with van der Waals surface area (Å²) in [5.41, 5.74) is 3.92. The van der Waals surface area contributed by atoms with Crippen molar-refractivity contribution in [3.05, 3.63) is 55.1 Å². The van der Waals surface area contributed by atoms with Crippen molar-refractivity contribution in [1.82, 2.24) is 29.7 Å². The largest absolute Gasteiger partial charge is 0.491 e. The predicted molar refractivity (Wildman–Crippen MR) is 125 cm³/mol. The van der Waals surface area contributed by atoms with E-state index in [0.29, 0.717) is 36.4 Å². The number of ether oxygens (including phenoxy) is 2. The Hall–Kier alpha value is -4.05. The number of aromatic nitrogens is 6. The standard InChI is InChI=1S/C23H24N8O2/c1-30-10-6-18(29-30)19-15-16(3-9-25-19)20-21(32-2)22(26-17-4-7-24-8-5-17)28-23(27-20)31-11-13-33-14-12-31/h3-10,15H,11-14H2,1-2H3,(H,24,26,27,28). The van der Waals surface area contributed by atoms with Gasteiger partial charge in [-0.3, -0.25) is 14.6 Å². The minimum Gasteiger partial charge on any atom is -0.491 e. The van der Waals surface area contributed by atoms with Gasteiger partial charge in [-0.05, 0) is 30.3 Å². The van der Waals surface area contributed by atoms with Gasteiger partial charge in [0.1, 0.15) is 11.4 Å². The Morgan fingerprint density at radius 2 is 1.82 bits per heavy atom. The molecule has 0 amide bonds. The molecule has 10 nitrogen and oxygen atoms in total. The van der Waals surface area contributed by atoms with Gasteiger partial charge in [0, 0.05) is 56.2 Å². The molecule has 1 N–H and O–H groups in total. The van der Waals surface area contributed by atoms with Crippen LogP contribution in [0.25, 0.3) is 22.6 Å². The summed E-state index contributed by atoms with van der Waals surface area (Å²) in [5, 5.41) is 7.83. The molecule has 4 aromatic heterocycles. The lowest BCUT2D eigenvalue weighted by molar-refractivity contribution is 0.122. The Kier molecular flexibility index (Phi) is 5.81. The molecule has 0 aromatic carbocycles. The second kappa shape index (κ2) is 9.21. The Balaban J connectivity index is 1.63. The zero-order valence-electron chi connectivity index (χ0n) is 18.5. The highest BCUT2D eigenvalue weighted by molar-refractivity contribution is 5.78. The number of anilines is 3. The van der Waals surface area contributed by atoms with Gasteiger partial charge in [-0.2, -0.15) is 10.1 Å². The summed E-state index contributed by atoms with van der Waals surface area (Å²) in [6.45, 7) is 2.71. The summed E-state index contributed by atoms with van der Waals surface area (Å²) < 4.78 is 13.1. The van der Waals surface area contributed by atoms with Crippen molar-refractivity contribution >= 4 is 17.5 Å². The van der Waals surface area contributed by atoms with Gasteiger partial charge in [-0.25, -0.2) is 4.98 Å². The second-order valence-corrected chi connectivity index (χ2v) is 7.52. The molecule has 5 rings (SSSR count). The van der Waals surface area contributed by atoms with E-state index in [-0.39, 0.29) is 0 Å². The SMILES string of the molecule is COc1c(Nc2ccncc2)nc(N2CCOCC2)nc1-c1ccnc(-c2ccn(C)n2)c1. The topological polar surface area (TPSA) is 103 Å². The Morgan fingerprint density at radius 1 is 1.00 bits per heavy atom. The summed E-state index contributed by atoms with van der Waals surface area (Å²) in [5.74, 6) is 1.73. The average molecular weight is 444 g/mol. The number of morpholine rings is 1. The summed E-state index contributed by atoms with van der Waals surface area (Å²) in [6, 6.07) is 9.56. The lowest BCUT2D eigenvalue weighted by Crippen LogP contribution is -2.37. The van der Waals surface area contributed by atoms with E-state index in [2.05, 4.69) is 25.3 Å². The molecule has 0 bridgehead atoms. The molecule has 0 unspecified atom stereocenters. The van der Waals surface area contributed by atoms with Crippen LogP contribution < -0.4 is 15.0 Å². The molecule has 0 saturated carbocycles. The lowest BCUT2D eigenvalue weighted by atomic mass is 10.1. The van der Waals surface area contributed by atoms with E-state index >= 15 is 0 Å². The van der Waals surface area contributed by atoms with Crippen molar-refractivity contribution in [3.8, 4) is 28.4 Å². The van der Waals surface area contributed by atoms with Crippen LogP contribution in [-0.4, -0.2) is 63.1 Å². The number of aryl methyl sites for hydroxylation is 1. The zero-order valence-corrected chi connectivity index (χ0v) is 18.5. The minimum atomic E-state index is 0.544. The van der Waals surface area contributed by atoms with E-state index < -0.39 is 0 Å². The molecular formula is C23H24N8O2. The van der Waals surface area contributed by atoms with Gasteiger partial charge < -0.3 is 19.7 Å². The van der Waals surface area contributed by atoms with Crippen LogP contribution in [0.15, 0.2) is 55.1 Å². The highest BCUT2D eigenvalue weighted by Gasteiger charge is 2.22. The number of rotatable bonds is 6. The van der Waals surface area contributed by atoms with Gasteiger partial charge in [0.05, 0.1) is 26.0 Å². The van der Waals surface area contributed by atoms with Crippen LogP contribution in [-0.2, 0) is 11.8 Å². The number of hydrogen-bond acceptors (Lipinski definition) is 9. The molecule has 4 aromatic rings. The average Bonchev–Trinajstić information content (AvgIpc) is 3.31. The molecule has 0 radical (unpaired) electrons. The van der Waals surface area contributed by atoms with Crippen LogP contribution >= 0.6 is 0 Å². The fourth-order valence-corrected chi connectivity index (χ4v) is 3.66. The maximum Gasteiger partial charge on any atom is 0.228 e. The number of pyridine rings is 2. The van der Waals surface area contributed by atoms with Crippen molar-refractivity contribution in [3.63, 3.8) is 0 Å². The number of nitrogens with one attached hydrogen (secondary N) is 1. The summed E-state index contributed by atoms with van der Waals surface area (Å²) >= 11 is 0. The third-order valence-corrected chi connectivity index (χ3v) is 5.30. The molecule has 0 atom stereocenters. The van der Waals surface area contributed by atoms with Crippen LogP contribution in [0.5, 0.6) is 5.75 Å². The maximum absolute atomic E-state index is 5.81. The zero-order chi connectivity index (χ0) is 22.6. The van der Waals surface area contributed by atoms with Crippen LogP contribution in [0.4, 0.5) is 17.5 Å².